The van der Waals surface area contributed by atoms with Gasteiger partial charge in [-0.1, -0.05) is 11.6 Å². The second kappa shape index (κ2) is 8.63. The minimum Gasteiger partial charge on any atom is -0.382 e. The quantitative estimate of drug-likeness (QED) is 0.726. The summed E-state index contributed by atoms with van der Waals surface area (Å²) in [5, 5.41) is 9.82. The third-order valence-corrected chi connectivity index (χ3v) is 3.15. The van der Waals surface area contributed by atoms with E-state index in [1.165, 1.54) is 10.9 Å². The van der Waals surface area contributed by atoms with Crippen LogP contribution in [0.25, 0.3) is 0 Å². The summed E-state index contributed by atoms with van der Waals surface area (Å²) in [5.41, 5.74) is 0.119. The van der Waals surface area contributed by atoms with Crippen molar-refractivity contribution in [2.24, 2.45) is 0 Å². The second-order valence-corrected chi connectivity index (χ2v) is 5.21. The number of halogens is 1. The van der Waals surface area contributed by atoms with Gasteiger partial charge in [-0.3, -0.25) is 9.59 Å². The first-order valence-corrected chi connectivity index (χ1v) is 7.24. The Bertz CT molecular complexity index is 530. The summed E-state index contributed by atoms with van der Waals surface area (Å²) in [6.45, 7) is 4.04. The fourth-order valence-corrected chi connectivity index (χ4v) is 1.85. The van der Waals surface area contributed by atoms with Crippen molar-refractivity contribution in [3.8, 4) is 0 Å². The molecule has 0 aliphatic heterocycles. The number of hydrogen-bond acceptors (Lipinski definition) is 5. The first-order chi connectivity index (χ1) is 9.95. The molecule has 0 radical (unpaired) electrons. The van der Waals surface area contributed by atoms with Crippen molar-refractivity contribution in [2.45, 2.75) is 19.9 Å². The molecule has 0 bridgehead atoms. The van der Waals surface area contributed by atoms with Crippen LogP contribution in [-0.4, -0.2) is 54.3 Å². The van der Waals surface area contributed by atoms with Crippen LogP contribution >= 0.6 is 11.6 Å². The lowest BCUT2D eigenvalue weighted by Gasteiger charge is -2.12. The molecule has 0 saturated heterocycles. The van der Waals surface area contributed by atoms with E-state index in [-0.39, 0.29) is 16.5 Å². The maximum absolute atomic E-state index is 12.0. The van der Waals surface area contributed by atoms with Gasteiger partial charge >= 0.3 is 0 Å². The van der Waals surface area contributed by atoms with E-state index in [1.54, 1.807) is 0 Å². The average Bonchev–Trinajstić information content (AvgIpc) is 2.42. The van der Waals surface area contributed by atoms with Gasteiger partial charge in [0.05, 0.1) is 18.4 Å². The zero-order chi connectivity index (χ0) is 15.8. The van der Waals surface area contributed by atoms with Crippen molar-refractivity contribution in [3.05, 3.63) is 21.6 Å². The third kappa shape index (κ3) is 5.73. The SMILES string of the molecule is CCNC(=O)CCNc1cnn(CCN(C)C)c(=O)c1Cl. The summed E-state index contributed by atoms with van der Waals surface area (Å²) in [4.78, 5) is 25.3. The van der Waals surface area contributed by atoms with Crippen LogP contribution in [0.3, 0.4) is 0 Å². The van der Waals surface area contributed by atoms with E-state index < -0.39 is 0 Å². The van der Waals surface area contributed by atoms with Crippen LogP contribution < -0.4 is 16.2 Å². The van der Waals surface area contributed by atoms with Crippen LogP contribution in [0, 0.1) is 0 Å². The molecule has 0 unspecified atom stereocenters. The van der Waals surface area contributed by atoms with Crippen LogP contribution in [0.1, 0.15) is 13.3 Å². The molecule has 1 aromatic rings. The lowest BCUT2D eigenvalue weighted by Crippen LogP contribution is -2.29. The summed E-state index contributed by atoms with van der Waals surface area (Å²) < 4.78 is 1.33. The highest BCUT2D eigenvalue weighted by molar-refractivity contribution is 6.32. The molecule has 0 fully saturated rings. The predicted molar refractivity (Wildman–Crippen MR) is 83.9 cm³/mol. The van der Waals surface area contributed by atoms with Crippen molar-refractivity contribution in [2.75, 3.05) is 39.0 Å². The topological polar surface area (TPSA) is 79.3 Å². The molecule has 118 valence electrons. The Balaban J connectivity index is 2.63. The van der Waals surface area contributed by atoms with Gasteiger partial charge in [0.25, 0.3) is 5.56 Å². The van der Waals surface area contributed by atoms with E-state index in [9.17, 15) is 9.59 Å². The molecule has 0 atom stereocenters. The number of likely N-dealkylation sites (N-methyl/N-ethyl adjacent to an activating group) is 1. The fraction of sp³-hybridized carbons (Fsp3) is 0.615. The van der Waals surface area contributed by atoms with E-state index in [1.807, 2.05) is 25.9 Å². The largest absolute Gasteiger partial charge is 0.382 e. The zero-order valence-electron chi connectivity index (χ0n) is 12.6. The molecule has 1 aromatic heterocycles. The molecule has 1 amide bonds. The standard InChI is InChI=1S/C13H22ClN5O2/c1-4-15-11(20)5-6-16-10-9-17-19(8-7-18(2)3)13(21)12(10)14/h9,16H,4-8H2,1-3H3,(H,15,20). The van der Waals surface area contributed by atoms with E-state index in [0.717, 1.165) is 0 Å². The van der Waals surface area contributed by atoms with Crippen LogP contribution in [-0.2, 0) is 11.3 Å². The van der Waals surface area contributed by atoms with Gasteiger partial charge in [0, 0.05) is 26.1 Å². The highest BCUT2D eigenvalue weighted by Crippen LogP contribution is 2.14. The van der Waals surface area contributed by atoms with E-state index in [0.29, 0.717) is 38.3 Å². The number of nitrogens with one attached hydrogen (secondary N) is 2. The van der Waals surface area contributed by atoms with E-state index in [4.69, 9.17) is 11.6 Å². The summed E-state index contributed by atoms with van der Waals surface area (Å²) in [7, 11) is 3.84. The lowest BCUT2D eigenvalue weighted by molar-refractivity contribution is -0.120. The summed E-state index contributed by atoms with van der Waals surface area (Å²) >= 11 is 6.04. The molecule has 1 heterocycles. The molecular formula is C13H22ClN5O2. The van der Waals surface area contributed by atoms with Crippen molar-refractivity contribution in [3.63, 3.8) is 0 Å². The predicted octanol–water partition coefficient (Wildman–Crippen LogP) is 0.396. The Morgan fingerprint density at radius 3 is 2.81 bits per heavy atom. The number of nitrogens with zero attached hydrogens (tertiary/aromatic N) is 3. The fourth-order valence-electron chi connectivity index (χ4n) is 1.64. The molecule has 0 saturated carbocycles. The van der Waals surface area contributed by atoms with Crippen LogP contribution in [0.15, 0.2) is 11.0 Å². The molecular weight excluding hydrogens is 294 g/mol. The van der Waals surface area contributed by atoms with Crippen molar-refractivity contribution in [1.82, 2.24) is 20.0 Å². The van der Waals surface area contributed by atoms with Crippen LogP contribution in [0.2, 0.25) is 5.02 Å². The first kappa shape index (κ1) is 17.5. The van der Waals surface area contributed by atoms with Gasteiger partial charge in [0.15, 0.2) is 0 Å². The Labute approximate surface area is 129 Å². The number of hydrogen-bond donors (Lipinski definition) is 2. The van der Waals surface area contributed by atoms with Crippen LogP contribution in [0.5, 0.6) is 0 Å². The van der Waals surface area contributed by atoms with Gasteiger partial charge in [0.1, 0.15) is 5.02 Å². The van der Waals surface area contributed by atoms with Crippen molar-refractivity contribution in [1.29, 1.82) is 0 Å². The minimum atomic E-state index is -0.332. The summed E-state index contributed by atoms with van der Waals surface area (Å²) in [6.07, 6.45) is 1.82. The van der Waals surface area contributed by atoms with Gasteiger partial charge in [-0.15, -0.1) is 0 Å². The molecule has 0 aliphatic rings. The monoisotopic (exact) mass is 315 g/mol. The molecule has 1 rings (SSSR count). The normalized spacial score (nSPS) is 10.7. The molecule has 2 N–H and O–H groups in total. The average molecular weight is 316 g/mol. The Morgan fingerprint density at radius 1 is 1.48 bits per heavy atom. The number of aromatic nitrogens is 2. The minimum absolute atomic E-state index is 0.0478. The maximum Gasteiger partial charge on any atom is 0.287 e. The van der Waals surface area contributed by atoms with Crippen LogP contribution in [0.4, 0.5) is 5.69 Å². The van der Waals surface area contributed by atoms with Crippen molar-refractivity contribution >= 4 is 23.2 Å². The Kier molecular flexibility index (Phi) is 7.18. The van der Waals surface area contributed by atoms with Gasteiger partial charge in [-0.2, -0.15) is 5.10 Å². The lowest BCUT2D eigenvalue weighted by atomic mass is 10.3. The Hall–Kier alpha value is -1.60. The highest BCUT2D eigenvalue weighted by Gasteiger charge is 2.09. The first-order valence-electron chi connectivity index (χ1n) is 6.86. The highest BCUT2D eigenvalue weighted by atomic mass is 35.5. The van der Waals surface area contributed by atoms with Gasteiger partial charge < -0.3 is 15.5 Å². The number of anilines is 1. The number of carbonyl (C=O) groups is 1. The van der Waals surface area contributed by atoms with E-state index in [2.05, 4.69) is 15.7 Å². The van der Waals surface area contributed by atoms with Gasteiger partial charge in [0.2, 0.25) is 5.91 Å². The molecule has 21 heavy (non-hydrogen) atoms. The molecule has 0 spiro atoms. The number of rotatable bonds is 8. The van der Waals surface area contributed by atoms with E-state index >= 15 is 0 Å². The van der Waals surface area contributed by atoms with Gasteiger partial charge in [-0.25, -0.2) is 4.68 Å². The molecule has 8 heteroatoms. The number of amides is 1. The molecule has 0 aliphatic carbocycles. The smallest absolute Gasteiger partial charge is 0.287 e. The third-order valence-electron chi connectivity index (χ3n) is 2.79. The maximum atomic E-state index is 12.0. The summed E-state index contributed by atoms with van der Waals surface area (Å²) in [6, 6.07) is 0. The number of carbonyl (C=O) groups excluding carboxylic acids is 1. The second-order valence-electron chi connectivity index (χ2n) is 4.83. The molecule has 0 aromatic carbocycles. The zero-order valence-corrected chi connectivity index (χ0v) is 13.4. The summed E-state index contributed by atoms with van der Waals surface area (Å²) in [5.74, 6) is -0.0478. The Morgan fingerprint density at radius 2 is 2.19 bits per heavy atom. The van der Waals surface area contributed by atoms with Crippen molar-refractivity contribution < 1.29 is 4.79 Å². The van der Waals surface area contributed by atoms with Gasteiger partial charge in [-0.05, 0) is 21.0 Å². The molecule has 7 nitrogen and oxygen atoms in total.